The summed E-state index contributed by atoms with van der Waals surface area (Å²) in [4.78, 5) is 0. The van der Waals surface area contributed by atoms with Gasteiger partial charge in [-0.3, -0.25) is 0 Å². The predicted molar refractivity (Wildman–Crippen MR) is 32.8 cm³/mol. The van der Waals surface area contributed by atoms with Crippen molar-refractivity contribution in [1.29, 1.82) is 5.41 Å². The second-order valence-electron chi connectivity index (χ2n) is 1.38. The molecule has 0 heterocycles. The number of aliphatic hydroxyl groups excluding tert-OH is 1. The van der Waals surface area contributed by atoms with Gasteiger partial charge in [-0.25, -0.2) is 0 Å². The van der Waals surface area contributed by atoms with Crippen LogP contribution in [0.5, 0.6) is 0 Å². The van der Waals surface area contributed by atoms with Gasteiger partial charge in [0.25, 0.3) is 0 Å². The van der Waals surface area contributed by atoms with E-state index < -0.39 is 0 Å². The molecule has 8 heavy (non-hydrogen) atoms. The van der Waals surface area contributed by atoms with Crippen molar-refractivity contribution in [2.75, 3.05) is 6.73 Å². The molecule has 0 radical (unpaired) electrons. The Labute approximate surface area is 48.5 Å². The van der Waals surface area contributed by atoms with Crippen molar-refractivity contribution in [2.45, 2.75) is 6.92 Å². The molecular formula is C5H10N2O. The minimum atomic E-state index is -0.0796. The van der Waals surface area contributed by atoms with Crippen LogP contribution < -0.4 is 5.32 Å². The van der Waals surface area contributed by atoms with E-state index in [1.807, 2.05) is 0 Å². The van der Waals surface area contributed by atoms with E-state index in [1.54, 1.807) is 13.0 Å². The topological polar surface area (TPSA) is 56.1 Å². The zero-order valence-corrected chi connectivity index (χ0v) is 4.81. The first kappa shape index (κ1) is 7.17. The van der Waals surface area contributed by atoms with Crippen LogP contribution >= 0.6 is 0 Å². The molecule has 0 saturated heterocycles. The van der Waals surface area contributed by atoms with Crippen molar-refractivity contribution >= 4 is 5.71 Å². The van der Waals surface area contributed by atoms with Gasteiger partial charge in [-0.1, -0.05) is 0 Å². The summed E-state index contributed by atoms with van der Waals surface area (Å²) in [6.45, 7) is 1.58. The summed E-state index contributed by atoms with van der Waals surface area (Å²) in [6.07, 6.45) is 3.10. The molecule has 0 unspecified atom stereocenters. The van der Waals surface area contributed by atoms with Crippen LogP contribution in [0, 0.1) is 5.41 Å². The average molecular weight is 114 g/mol. The highest BCUT2D eigenvalue weighted by molar-refractivity contribution is 5.89. The van der Waals surface area contributed by atoms with E-state index in [2.05, 4.69) is 5.32 Å². The quantitative estimate of drug-likeness (QED) is 0.359. The number of rotatable bonds is 3. The summed E-state index contributed by atoms with van der Waals surface area (Å²) in [6, 6.07) is 0. The molecule has 0 rings (SSSR count). The minimum absolute atomic E-state index is 0.0796. The normalized spacial score (nSPS) is 9.75. The first-order valence-electron chi connectivity index (χ1n) is 2.33. The van der Waals surface area contributed by atoms with Crippen LogP contribution in [0.15, 0.2) is 12.3 Å². The Morgan fingerprint density at radius 2 is 2.50 bits per heavy atom. The molecule has 0 saturated carbocycles. The lowest BCUT2D eigenvalue weighted by atomic mass is 10.4. The van der Waals surface area contributed by atoms with Crippen LogP contribution in [0.25, 0.3) is 0 Å². The first-order valence-corrected chi connectivity index (χ1v) is 2.33. The molecule has 3 nitrogen and oxygen atoms in total. The van der Waals surface area contributed by atoms with Gasteiger partial charge in [-0.05, 0) is 19.2 Å². The molecule has 0 fully saturated rings. The van der Waals surface area contributed by atoms with Gasteiger partial charge in [0.1, 0.15) is 6.73 Å². The van der Waals surface area contributed by atoms with Gasteiger partial charge in [0.2, 0.25) is 0 Å². The number of nitrogens with one attached hydrogen (secondary N) is 2. The van der Waals surface area contributed by atoms with Gasteiger partial charge in [-0.2, -0.15) is 0 Å². The van der Waals surface area contributed by atoms with Crippen molar-refractivity contribution in [2.24, 2.45) is 0 Å². The summed E-state index contributed by atoms with van der Waals surface area (Å²) in [5.74, 6) is 0. The maximum atomic E-state index is 8.15. The largest absolute Gasteiger partial charge is 0.377 e. The number of hydrogen-bond donors (Lipinski definition) is 3. The molecule has 3 N–H and O–H groups in total. The molecule has 0 aliphatic carbocycles. The summed E-state index contributed by atoms with van der Waals surface area (Å²) >= 11 is 0. The molecule has 0 aliphatic heterocycles. The molecule has 46 valence electrons. The Kier molecular flexibility index (Phi) is 3.88. The Morgan fingerprint density at radius 3 is 2.88 bits per heavy atom. The second kappa shape index (κ2) is 4.33. The molecule has 0 aromatic carbocycles. The van der Waals surface area contributed by atoms with Crippen LogP contribution in [0.1, 0.15) is 6.92 Å². The SMILES string of the molecule is CC(=N)/C=C\NCO. The van der Waals surface area contributed by atoms with Crippen LogP contribution in [0.3, 0.4) is 0 Å². The maximum absolute atomic E-state index is 8.15. The van der Waals surface area contributed by atoms with Gasteiger partial charge >= 0.3 is 0 Å². The van der Waals surface area contributed by atoms with E-state index in [0.29, 0.717) is 5.71 Å². The number of allylic oxidation sites excluding steroid dienone is 1. The van der Waals surface area contributed by atoms with Crippen LogP contribution in [0.2, 0.25) is 0 Å². The molecule has 3 heteroatoms. The second-order valence-corrected chi connectivity index (χ2v) is 1.38. The average Bonchev–Trinajstić information content (AvgIpc) is 1.66. The Balaban J connectivity index is 3.20. The monoisotopic (exact) mass is 114 g/mol. The van der Waals surface area contributed by atoms with E-state index in [-0.39, 0.29) is 6.73 Å². The maximum Gasteiger partial charge on any atom is 0.112 e. The fourth-order valence-electron chi connectivity index (χ4n) is 0.237. The lowest BCUT2D eigenvalue weighted by molar-refractivity contribution is 0.280. The Hall–Kier alpha value is -0.830. The van der Waals surface area contributed by atoms with E-state index in [0.717, 1.165) is 0 Å². The zero-order valence-electron chi connectivity index (χ0n) is 4.81. The van der Waals surface area contributed by atoms with E-state index in [1.165, 1.54) is 6.20 Å². The van der Waals surface area contributed by atoms with Gasteiger partial charge in [0, 0.05) is 5.71 Å². The Bertz CT molecular complexity index is 98.6. The highest BCUT2D eigenvalue weighted by Gasteiger charge is 1.72. The molecular weight excluding hydrogens is 104 g/mol. The van der Waals surface area contributed by atoms with E-state index in [4.69, 9.17) is 10.5 Å². The van der Waals surface area contributed by atoms with Crippen molar-refractivity contribution < 1.29 is 5.11 Å². The zero-order chi connectivity index (χ0) is 6.41. The van der Waals surface area contributed by atoms with Crippen molar-refractivity contribution in [3.05, 3.63) is 12.3 Å². The molecule has 0 amide bonds. The molecule has 0 spiro atoms. The van der Waals surface area contributed by atoms with E-state index in [9.17, 15) is 0 Å². The number of aliphatic hydroxyl groups is 1. The molecule has 0 bridgehead atoms. The lowest BCUT2D eigenvalue weighted by Crippen LogP contribution is -2.05. The van der Waals surface area contributed by atoms with Crippen molar-refractivity contribution in [3.63, 3.8) is 0 Å². The van der Waals surface area contributed by atoms with E-state index >= 15 is 0 Å². The standard InChI is InChI=1S/C5H10N2O/c1-5(6)2-3-7-4-8/h2-3,6-8H,4H2,1H3/b3-2-,6-5?. The van der Waals surface area contributed by atoms with Gasteiger partial charge in [0.15, 0.2) is 0 Å². The van der Waals surface area contributed by atoms with Gasteiger partial charge < -0.3 is 15.8 Å². The summed E-state index contributed by atoms with van der Waals surface area (Å²) < 4.78 is 0. The molecule has 0 aromatic rings. The summed E-state index contributed by atoms with van der Waals surface area (Å²) in [5, 5.41) is 17.5. The third-order valence-electron chi connectivity index (χ3n) is 0.542. The number of hydrogen-bond acceptors (Lipinski definition) is 3. The fourth-order valence-corrected chi connectivity index (χ4v) is 0.237. The summed E-state index contributed by atoms with van der Waals surface area (Å²) in [7, 11) is 0. The molecule has 0 aromatic heterocycles. The smallest absolute Gasteiger partial charge is 0.112 e. The van der Waals surface area contributed by atoms with Crippen LogP contribution in [-0.2, 0) is 0 Å². The first-order chi connectivity index (χ1) is 3.77. The third kappa shape index (κ3) is 5.17. The van der Waals surface area contributed by atoms with Crippen molar-refractivity contribution in [3.8, 4) is 0 Å². The third-order valence-corrected chi connectivity index (χ3v) is 0.542. The highest BCUT2D eigenvalue weighted by atomic mass is 16.3. The van der Waals surface area contributed by atoms with Crippen LogP contribution in [0.4, 0.5) is 0 Å². The highest BCUT2D eigenvalue weighted by Crippen LogP contribution is 1.69. The lowest BCUT2D eigenvalue weighted by Gasteiger charge is -1.88. The fraction of sp³-hybridized carbons (Fsp3) is 0.400. The van der Waals surface area contributed by atoms with Gasteiger partial charge in [0.05, 0.1) is 0 Å². The van der Waals surface area contributed by atoms with Crippen LogP contribution in [-0.4, -0.2) is 17.5 Å². The molecule has 0 atom stereocenters. The molecule has 0 aliphatic rings. The Morgan fingerprint density at radius 1 is 1.88 bits per heavy atom. The predicted octanol–water partition coefficient (Wildman–Crippen LogP) is 0.0792. The van der Waals surface area contributed by atoms with Crippen molar-refractivity contribution in [1.82, 2.24) is 5.32 Å². The van der Waals surface area contributed by atoms with Gasteiger partial charge in [-0.15, -0.1) is 0 Å². The summed E-state index contributed by atoms with van der Waals surface area (Å²) in [5.41, 5.74) is 0.464. The minimum Gasteiger partial charge on any atom is -0.377 e.